The van der Waals surface area contributed by atoms with E-state index in [9.17, 15) is 0 Å². The Morgan fingerprint density at radius 3 is 2.36 bits per heavy atom. The maximum Gasteiger partial charge on any atom is 0.0825 e. The van der Waals surface area contributed by atoms with Crippen LogP contribution in [0.1, 0.15) is 5.56 Å². The fourth-order valence-corrected chi connectivity index (χ4v) is 1.17. The average molecular weight is 191 g/mol. The highest BCUT2D eigenvalue weighted by Crippen LogP contribution is 2.33. The highest BCUT2D eigenvalue weighted by Gasteiger charge is 2.07. The summed E-state index contributed by atoms with van der Waals surface area (Å²) in [6, 6.07) is 1.59. The van der Waals surface area contributed by atoms with Crippen molar-refractivity contribution in [3.8, 4) is 0 Å². The van der Waals surface area contributed by atoms with Gasteiger partial charge in [0.2, 0.25) is 0 Å². The summed E-state index contributed by atoms with van der Waals surface area (Å²) in [5.41, 5.74) is 13.0. The highest BCUT2D eigenvalue weighted by molar-refractivity contribution is 6.44. The number of nitrogen functional groups attached to an aromatic ring is 2. The van der Waals surface area contributed by atoms with Gasteiger partial charge in [-0.25, -0.2) is 0 Å². The summed E-state index contributed by atoms with van der Waals surface area (Å²) in [5, 5.41) is 0.769. The number of anilines is 2. The molecule has 0 aromatic heterocycles. The molecule has 0 amide bonds. The van der Waals surface area contributed by atoms with Crippen LogP contribution in [0.3, 0.4) is 0 Å². The molecule has 0 radical (unpaired) electrons. The lowest BCUT2D eigenvalue weighted by Crippen LogP contribution is -1.97. The van der Waals surface area contributed by atoms with Gasteiger partial charge in [0, 0.05) is 5.69 Å². The van der Waals surface area contributed by atoms with Crippen LogP contribution >= 0.6 is 23.2 Å². The molecule has 4 N–H and O–H groups in total. The van der Waals surface area contributed by atoms with Crippen molar-refractivity contribution in [1.82, 2.24) is 0 Å². The third-order valence-corrected chi connectivity index (χ3v) is 2.37. The van der Waals surface area contributed by atoms with Crippen LogP contribution in [0.5, 0.6) is 0 Å². The molecule has 1 aromatic rings. The maximum absolute atomic E-state index is 5.74. The Morgan fingerprint density at radius 1 is 1.27 bits per heavy atom. The molecule has 4 heteroatoms. The second-order valence-corrected chi connectivity index (χ2v) is 3.09. The molecule has 0 saturated heterocycles. The van der Waals surface area contributed by atoms with E-state index >= 15 is 0 Å². The largest absolute Gasteiger partial charge is 0.398 e. The van der Waals surface area contributed by atoms with E-state index < -0.39 is 0 Å². The Labute approximate surface area is 75.1 Å². The summed E-state index contributed by atoms with van der Waals surface area (Å²) >= 11 is 11.4. The Hall–Kier alpha value is -0.600. The monoisotopic (exact) mass is 190 g/mol. The molecule has 1 rings (SSSR count). The molecule has 0 atom stereocenters. The molecule has 0 fully saturated rings. The van der Waals surface area contributed by atoms with Gasteiger partial charge in [-0.2, -0.15) is 0 Å². The van der Waals surface area contributed by atoms with Crippen LogP contribution in [0.4, 0.5) is 11.4 Å². The van der Waals surface area contributed by atoms with Crippen molar-refractivity contribution >= 4 is 34.6 Å². The van der Waals surface area contributed by atoms with Crippen molar-refractivity contribution in [2.75, 3.05) is 11.5 Å². The minimum absolute atomic E-state index is 0.373. The standard InChI is InChI=1S/C7H8Cl2N2/c1-3-5(10)2-4(8)6(9)7(3)11/h2H,10-11H2,1H3. The van der Waals surface area contributed by atoms with E-state index in [4.69, 9.17) is 34.7 Å². The molecule has 0 unspecified atom stereocenters. The molecule has 0 aliphatic rings. The lowest BCUT2D eigenvalue weighted by atomic mass is 10.1. The zero-order valence-corrected chi connectivity index (χ0v) is 7.50. The molecule has 1 aromatic carbocycles. The highest BCUT2D eigenvalue weighted by atomic mass is 35.5. The summed E-state index contributed by atoms with van der Waals surface area (Å²) < 4.78 is 0. The first-order valence-corrected chi connectivity index (χ1v) is 3.79. The first-order chi connectivity index (χ1) is 5.04. The molecule has 2 nitrogen and oxygen atoms in total. The Bertz CT molecular complexity index is 271. The third kappa shape index (κ3) is 1.37. The maximum atomic E-state index is 5.74. The van der Waals surface area contributed by atoms with Gasteiger partial charge in [-0.15, -0.1) is 0 Å². The summed E-state index contributed by atoms with van der Waals surface area (Å²) in [4.78, 5) is 0. The van der Waals surface area contributed by atoms with Gasteiger partial charge in [-0.3, -0.25) is 0 Å². The molecule has 0 spiro atoms. The first-order valence-electron chi connectivity index (χ1n) is 3.03. The minimum Gasteiger partial charge on any atom is -0.398 e. The zero-order valence-electron chi connectivity index (χ0n) is 5.99. The first kappa shape index (κ1) is 8.50. The number of halogens is 2. The summed E-state index contributed by atoms with van der Waals surface area (Å²) in [7, 11) is 0. The summed E-state index contributed by atoms with van der Waals surface area (Å²) in [6.45, 7) is 1.80. The van der Waals surface area contributed by atoms with Gasteiger partial charge >= 0.3 is 0 Å². The molecular weight excluding hydrogens is 183 g/mol. The second-order valence-electron chi connectivity index (χ2n) is 2.30. The molecule has 0 heterocycles. The zero-order chi connectivity index (χ0) is 8.59. The predicted molar refractivity (Wildman–Crippen MR) is 50.0 cm³/mol. The Balaban J connectivity index is 3.46. The minimum atomic E-state index is 0.373. The fourth-order valence-electron chi connectivity index (χ4n) is 0.757. The predicted octanol–water partition coefficient (Wildman–Crippen LogP) is 2.47. The van der Waals surface area contributed by atoms with E-state index in [-0.39, 0.29) is 0 Å². The van der Waals surface area contributed by atoms with Crippen LogP contribution in [-0.4, -0.2) is 0 Å². The van der Waals surface area contributed by atoms with Crippen molar-refractivity contribution in [3.05, 3.63) is 21.7 Å². The van der Waals surface area contributed by atoms with E-state index in [2.05, 4.69) is 0 Å². The van der Waals surface area contributed by atoms with Crippen LogP contribution < -0.4 is 11.5 Å². The molecule has 0 aliphatic carbocycles. The summed E-state index contributed by atoms with van der Waals surface area (Å²) in [6.07, 6.45) is 0. The van der Waals surface area contributed by atoms with E-state index in [1.165, 1.54) is 0 Å². The van der Waals surface area contributed by atoms with Gasteiger partial charge in [0.05, 0.1) is 15.7 Å². The lowest BCUT2D eigenvalue weighted by molar-refractivity contribution is 1.47. The van der Waals surface area contributed by atoms with Crippen molar-refractivity contribution in [1.29, 1.82) is 0 Å². The van der Waals surface area contributed by atoms with E-state index in [0.717, 1.165) is 5.56 Å². The van der Waals surface area contributed by atoms with E-state index in [0.29, 0.717) is 21.4 Å². The number of rotatable bonds is 0. The molecule has 60 valence electrons. The van der Waals surface area contributed by atoms with Crippen LogP contribution in [0.2, 0.25) is 10.0 Å². The normalized spacial score (nSPS) is 10.1. The van der Waals surface area contributed by atoms with Crippen LogP contribution in [0.15, 0.2) is 6.07 Å². The topological polar surface area (TPSA) is 52.0 Å². The molecular formula is C7H8Cl2N2. The van der Waals surface area contributed by atoms with E-state index in [1.54, 1.807) is 13.0 Å². The van der Waals surface area contributed by atoms with Gasteiger partial charge in [0.1, 0.15) is 0 Å². The van der Waals surface area contributed by atoms with Crippen molar-refractivity contribution in [3.63, 3.8) is 0 Å². The van der Waals surface area contributed by atoms with Crippen LogP contribution in [0, 0.1) is 6.92 Å². The average Bonchev–Trinajstić information content (AvgIpc) is 1.97. The molecule has 0 saturated carbocycles. The van der Waals surface area contributed by atoms with Gasteiger partial charge < -0.3 is 11.5 Å². The number of nitrogens with two attached hydrogens (primary N) is 2. The van der Waals surface area contributed by atoms with Crippen molar-refractivity contribution < 1.29 is 0 Å². The van der Waals surface area contributed by atoms with E-state index in [1.807, 2.05) is 0 Å². The summed E-state index contributed by atoms with van der Waals surface area (Å²) in [5.74, 6) is 0. The molecule has 0 aliphatic heterocycles. The van der Waals surface area contributed by atoms with Gasteiger partial charge in [0.15, 0.2) is 0 Å². The number of hydrogen-bond acceptors (Lipinski definition) is 2. The van der Waals surface area contributed by atoms with Crippen LogP contribution in [-0.2, 0) is 0 Å². The third-order valence-electron chi connectivity index (χ3n) is 1.57. The second kappa shape index (κ2) is 2.80. The smallest absolute Gasteiger partial charge is 0.0825 e. The molecule has 11 heavy (non-hydrogen) atoms. The van der Waals surface area contributed by atoms with Crippen LogP contribution in [0.25, 0.3) is 0 Å². The van der Waals surface area contributed by atoms with Gasteiger partial charge in [-0.1, -0.05) is 23.2 Å². The number of benzene rings is 1. The lowest BCUT2D eigenvalue weighted by Gasteiger charge is -2.07. The Kier molecular flexibility index (Phi) is 2.16. The number of hydrogen-bond donors (Lipinski definition) is 2. The SMILES string of the molecule is Cc1c(N)cc(Cl)c(Cl)c1N. The Morgan fingerprint density at radius 2 is 1.82 bits per heavy atom. The van der Waals surface area contributed by atoms with Gasteiger partial charge in [-0.05, 0) is 18.6 Å². The quantitative estimate of drug-likeness (QED) is 0.618. The molecule has 0 bridgehead atoms. The van der Waals surface area contributed by atoms with Crippen molar-refractivity contribution in [2.24, 2.45) is 0 Å². The van der Waals surface area contributed by atoms with Gasteiger partial charge in [0.25, 0.3) is 0 Å². The van der Waals surface area contributed by atoms with Crippen molar-refractivity contribution in [2.45, 2.75) is 6.92 Å². The fraction of sp³-hybridized carbons (Fsp3) is 0.143.